The molecular weight excluding hydrogens is 363 g/mol. The highest BCUT2D eigenvalue weighted by Gasteiger charge is 2.34. The van der Waals surface area contributed by atoms with Crippen molar-refractivity contribution >= 4 is 22.2 Å². The maximum Gasteiger partial charge on any atom is 0.256 e. The van der Waals surface area contributed by atoms with Gasteiger partial charge < -0.3 is 15.1 Å². The number of anilines is 1. The van der Waals surface area contributed by atoms with Crippen LogP contribution >= 0.6 is 11.3 Å². The summed E-state index contributed by atoms with van der Waals surface area (Å²) in [5.41, 5.74) is 2.82. The van der Waals surface area contributed by atoms with Gasteiger partial charge in [0.2, 0.25) is 0 Å². The molecule has 4 nitrogen and oxygen atoms in total. The van der Waals surface area contributed by atoms with Crippen LogP contribution in [0, 0.1) is 11.7 Å². The zero-order chi connectivity index (χ0) is 18.5. The third-order valence-corrected chi connectivity index (χ3v) is 6.52. The zero-order valence-corrected chi connectivity index (χ0v) is 15.7. The summed E-state index contributed by atoms with van der Waals surface area (Å²) in [5.74, 6) is 1.62. The predicted octanol–water partition coefficient (Wildman–Crippen LogP) is 5.13. The fourth-order valence-electron chi connectivity index (χ4n) is 3.88. The van der Waals surface area contributed by atoms with E-state index in [1.54, 1.807) is 23.5 Å². The van der Waals surface area contributed by atoms with E-state index in [0.717, 1.165) is 35.4 Å². The van der Waals surface area contributed by atoms with Crippen LogP contribution in [0.25, 0.3) is 11.3 Å². The van der Waals surface area contributed by atoms with Gasteiger partial charge in [0, 0.05) is 10.4 Å². The van der Waals surface area contributed by atoms with E-state index in [1.165, 1.54) is 22.6 Å². The van der Waals surface area contributed by atoms with E-state index in [1.807, 2.05) is 12.1 Å². The van der Waals surface area contributed by atoms with Crippen molar-refractivity contribution in [2.45, 2.75) is 32.4 Å². The van der Waals surface area contributed by atoms with Crippen molar-refractivity contribution < 1.29 is 13.6 Å². The monoisotopic (exact) mass is 382 g/mol. The lowest BCUT2D eigenvalue weighted by molar-refractivity contribution is 0.0930. The van der Waals surface area contributed by atoms with Gasteiger partial charge in [-0.3, -0.25) is 4.79 Å². The van der Waals surface area contributed by atoms with Crippen molar-refractivity contribution in [2.24, 2.45) is 5.92 Å². The Balaban J connectivity index is 1.44. The first-order valence-electron chi connectivity index (χ1n) is 9.16. The van der Waals surface area contributed by atoms with Gasteiger partial charge in [0.1, 0.15) is 22.3 Å². The molecule has 0 bridgehead atoms. The lowest BCUT2D eigenvalue weighted by Gasteiger charge is -2.25. The standard InChI is InChI=1S/C21H19FN2O2S/c1-11-2-7-14-17(10-11)27-21-18(14)20(25)23-19(24-21)16-9-8-15(26-16)12-3-5-13(22)6-4-12/h3-6,8-9,11,19,24H,2,7,10H2,1H3,(H,23,25)/t11-,19+/m0/s1. The van der Waals surface area contributed by atoms with Crippen LogP contribution < -0.4 is 10.6 Å². The molecule has 2 aliphatic rings. The Hall–Kier alpha value is -2.60. The van der Waals surface area contributed by atoms with Gasteiger partial charge in [-0.15, -0.1) is 11.3 Å². The lowest BCUT2D eigenvalue weighted by atomic mass is 9.88. The van der Waals surface area contributed by atoms with E-state index in [-0.39, 0.29) is 11.7 Å². The largest absolute Gasteiger partial charge is 0.457 e. The van der Waals surface area contributed by atoms with Gasteiger partial charge in [-0.25, -0.2) is 4.39 Å². The van der Waals surface area contributed by atoms with Gasteiger partial charge in [-0.2, -0.15) is 0 Å². The molecule has 5 rings (SSSR count). The molecule has 2 aromatic heterocycles. The number of benzene rings is 1. The van der Waals surface area contributed by atoms with Crippen molar-refractivity contribution in [3.05, 3.63) is 64.0 Å². The molecular formula is C21H19FN2O2S. The minimum atomic E-state index is -0.406. The molecule has 1 amide bonds. The SMILES string of the molecule is C[C@H]1CCc2c(sc3c2C(=O)N[C@@H](c2ccc(-c4ccc(F)cc4)o2)N3)C1. The van der Waals surface area contributed by atoms with Gasteiger partial charge >= 0.3 is 0 Å². The number of halogens is 1. The predicted molar refractivity (Wildman–Crippen MR) is 103 cm³/mol. The summed E-state index contributed by atoms with van der Waals surface area (Å²) in [4.78, 5) is 14.1. The van der Waals surface area contributed by atoms with E-state index in [2.05, 4.69) is 17.6 Å². The molecule has 138 valence electrons. The number of carbonyl (C=O) groups is 1. The van der Waals surface area contributed by atoms with E-state index in [4.69, 9.17) is 4.42 Å². The number of hydrogen-bond acceptors (Lipinski definition) is 4. The van der Waals surface area contributed by atoms with Crippen LogP contribution in [0.4, 0.5) is 9.39 Å². The molecule has 0 fully saturated rings. The average molecular weight is 382 g/mol. The third kappa shape index (κ3) is 2.84. The molecule has 1 aromatic carbocycles. The molecule has 0 saturated carbocycles. The Morgan fingerprint density at radius 2 is 1.96 bits per heavy atom. The van der Waals surface area contributed by atoms with Gasteiger partial charge in [-0.05, 0) is 67.1 Å². The fraction of sp³-hybridized carbons (Fsp3) is 0.286. The maximum atomic E-state index is 13.1. The highest BCUT2D eigenvalue weighted by molar-refractivity contribution is 7.16. The zero-order valence-electron chi connectivity index (χ0n) is 14.8. The van der Waals surface area contributed by atoms with Gasteiger partial charge in [0.15, 0.2) is 6.17 Å². The molecule has 2 N–H and O–H groups in total. The highest BCUT2D eigenvalue weighted by atomic mass is 32.1. The minimum absolute atomic E-state index is 0.0412. The van der Waals surface area contributed by atoms with E-state index < -0.39 is 6.17 Å². The summed E-state index contributed by atoms with van der Waals surface area (Å²) in [6, 6.07) is 9.85. The summed E-state index contributed by atoms with van der Waals surface area (Å²) in [6.45, 7) is 2.26. The van der Waals surface area contributed by atoms with Crippen molar-refractivity contribution in [3.63, 3.8) is 0 Å². The molecule has 1 aliphatic carbocycles. The Morgan fingerprint density at radius 1 is 1.15 bits per heavy atom. The summed E-state index contributed by atoms with van der Waals surface area (Å²) in [7, 11) is 0. The van der Waals surface area contributed by atoms with Crippen LogP contribution in [-0.2, 0) is 12.8 Å². The molecule has 0 unspecified atom stereocenters. The molecule has 6 heteroatoms. The Labute approximate surface area is 160 Å². The van der Waals surface area contributed by atoms with E-state index in [0.29, 0.717) is 17.4 Å². The number of carbonyl (C=O) groups excluding carboxylic acids is 1. The number of fused-ring (bicyclic) bond motifs is 3. The molecule has 1 aliphatic heterocycles. The summed E-state index contributed by atoms with van der Waals surface area (Å²) < 4.78 is 19.1. The lowest BCUT2D eigenvalue weighted by Crippen LogP contribution is -2.38. The van der Waals surface area contributed by atoms with Crippen LogP contribution in [0.15, 0.2) is 40.8 Å². The molecule has 3 heterocycles. The van der Waals surface area contributed by atoms with Crippen LogP contribution in [0.3, 0.4) is 0 Å². The first-order valence-corrected chi connectivity index (χ1v) is 9.98. The molecule has 27 heavy (non-hydrogen) atoms. The molecule has 2 atom stereocenters. The second-order valence-electron chi connectivity index (χ2n) is 7.32. The molecule has 0 spiro atoms. The van der Waals surface area contributed by atoms with Gasteiger partial charge in [0.05, 0.1) is 5.56 Å². The first-order chi connectivity index (χ1) is 13.1. The summed E-state index contributed by atoms with van der Waals surface area (Å²) in [6.07, 6.45) is 2.74. The van der Waals surface area contributed by atoms with E-state index >= 15 is 0 Å². The number of furan rings is 1. The molecule has 0 saturated heterocycles. The fourth-order valence-corrected chi connectivity index (χ4v) is 5.32. The smallest absolute Gasteiger partial charge is 0.256 e. The van der Waals surface area contributed by atoms with Crippen LogP contribution in [0.1, 0.15) is 46.1 Å². The van der Waals surface area contributed by atoms with Crippen molar-refractivity contribution in [1.29, 1.82) is 0 Å². The quantitative estimate of drug-likeness (QED) is 0.646. The molecule has 3 aromatic rings. The van der Waals surface area contributed by atoms with Crippen molar-refractivity contribution in [1.82, 2.24) is 5.32 Å². The normalized spacial score (nSPS) is 21.2. The third-order valence-electron chi connectivity index (χ3n) is 5.33. The minimum Gasteiger partial charge on any atom is -0.457 e. The number of nitrogens with one attached hydrogen (secondary N) is 2. The van der Waals surface area contributed by atoms with Gasteiger partial charge in [-0.1, -0.05) is 6.92 Å². The molecule has 0 radical (unpaired) electrons. The van der Waals surface area contributed by atoms with Crippen molar-refractivity contribution in [2.75, 3.05) is 5.32 Å². The second-order valence-corrected chi connectivity index (χ2v) is 8.42. The number of thiophene rings is 1. The number of hydrogen-bond donors (Lipinski definition) is 2. The topological polar surface area (TPSA) is 54.3 Å². The summed E-state index contributed by atoms with van der Waals surface area (Å²) in [5, 5.41) is 7.37. The number of amides is 1. The van der Waals surface area contributed by atoms with E-state index in [9.17, 15) is 9.18 Å². The second kappa shape index (κ2) is 6.23. The van der Waals surface area contributed by atoms with Crippen molar-refractivity contribution in [3.8, 4) is 11.3 Å². The van der Waals surface area contributed by atoms with Gasteiger partial charge in [0.25, 0.3) is 5.91 Å². The van der Waals surface area contributed by atoms with Crippen LogP contribution in [0.2, 0.25) is 0 Å². The van der Waals surface area contributed by atoms with Crippen LogP contribution in [-0.4, -0.2) is 5.91 Å². The Bertz CT molecular complexity index is 1020. The average Bonchev–Trinajstić information content (AvgIpc) is 3.26. The maximum absolute atomic E-state index is 13.1. The van der Waals surface area contributed by atoms with Crippen LogP contribution in [0.5, 0.6) is 0 Å². The Morgan fingerprint density at radius 3 is 2.78 bits per heavy atom. The number of rotatable bonds is 2. The highest BCUT2D eigenvalue weighted by Crippen LogP contribution is 2.42. The first kappa shape index (κ1) is 16.6. The summed E-state index contributed by atoms with van der Waals surface area (Å²) >= 11 is 1.69. The Kier molecular flexibility index (Phi) is 3.82.